The Hall–Kier alpha value is -1.30. The fraction of sp³-hybridized carbons (Fsp3) is 0.222. The molecule has 0 fully saturated rings. The van der Waals surface area contributed by atoms with E-state index in [4.69, 9.17) is 10.9 Å². The molecule has 15 heavy (non-hydrogen) atoms. The van der Waals surface area contributed by atoms with E-state index in [1.807, 2.05) is 0 Å². The van der Waals surface area contributed by atoms with Gasteiger partial charge in [-0.1, -0.05) is 5.16 Å². The summed E-state index contributed by atoms with van der Waals surface area (Å²) in [7, 11) is 0. The van der Waals surface area contributed by atoms with Crippen LogP contribution in [-0.4, -0.2) is 16.8 Å². The van der Waals surface area contributed by atoms with Crippen LogP contribution in [0, 0.1) is 11.6 Å². The van der Waals surface area contributed by atoms with Gasteiger partial charge in [0, 0.05) is 17.1 Å². The summed E-state index contributed by atoms with van der Waals surface area (Å²) >= 11 is 1.12. The van der Waals surface area contributed by atoms with Crippen LogP contribution in [0.5, 0.6) is 0 Å². The Labute approximate surface area is 90.0 Å². The van der Waals surface area contributed by atoms with Crippen LogP contribution in [0.2, 0.25) is 0 Å². The van der Waals surface area contributed by atoms with E-state index in [0.29, 0.717) is 12.2 Å². The summed E-state index contributed by atoms with van der Waals surface area (Å²) in [5.41, 5.74) is 5.22. The maximum Gasteiger partial charge on any atom is 0.139 e. The van der Waals surface area contributed by atoms with Crippen molar-refractivity contribution >= 4 is 17.6 Å². The lowest BCUT2D eigenvalue weighted by molar-refractivity contribution is 0.317. The summed E-state index contributed by atoms with van der Waals surface area (Å²) in [4.78, 5) is 0.223. The standard InChI is InChI=1S/C9H10F2N2OS/c10-6-1-2-7(11)8(5-6)15-4-3-9(12)13-14/h1-2,5,14H,3-4H2,(H2,12,13). The Morgan fingerprint density at radius 2 is 2.20 bits per heavy atom. The molecule has 0 heterocycles. The van der Waals surface area contributed by atoms with Crippen LogP contribution < -0.4 is 5.73 Å². The minimum atomic E-state index is -0.484. The van der Waals surface area contributed by atoms with Crippen molar-refractivity contribution in [3.63, 3.8) is 0 Å². The lowest BCUT2D eigenvalue weighted by atomic mass is 10.3. The maximum absolute atomic E-state index is 13.1. The van der Waals surface area contributed by atoms with Crippen molar-refractivity contribution in [1.29, 1.82) is 0 Å². The number of nitrogens with two attached hydrogens (primary N) is 1. The Kier molecular flexibility index (Phi) is 4.36. The third-order valence-corrected chi connectivity index (χ3v) is 2.67. The lowest BCUT2D eigenvalue weighted by Crippen LogP contribution is -2.12. The predicted octanol–water partition coefficient (Wildman–Crippen LogP) is 2.19. The number of thioether (sulfide) groups is 1. The number of oxime groups is 1. The van der Waals surface area contributed by atoms with Crippen LogP contribution in [0.4, 0.5) is 8.78 Å². The summed E-state index contributed by atoms with van der Waals surface area (Å²) in [5, 5.41) is 11.0. The van der Waals surface area contributed by atoms with Gasteiger partial charge in [-0.25, -0.2) is 8.78 Å². The number of benzene rings is 1. The molecule has 3 N–H and O–H groups in total. The summed E-state index contributed by atoms with van der Waals surface area (Å²) < 4.78 is 25.8. The van der Waals surface area contributed by atoms with E-state index in [2.05, 4.69) is 5.16 Å². The first-order valence-corrected chi connectivity index (χ1v) is 5.16. The van der Waals surface area contributed by atoms with Crippen molar-refractivity contribution < 1.29 is 14.0 Å². The third kappa shape index (κ3) is 3.75. The van der Waals surface area contributed by atoms with Gasteiger partial charge in [0.05, 0.1) is 0 Å². The van der Waals surface area contributed by atoms with Gasteiger partial charge in [-0.2, -0.15) is 0 Å². The quantitative estimate of drug-likeness (QED) is 0.275. The molecule has 1 aromatic carbocycles. The van der Waals surface area contributed by atoms with Gasteiger partial charge in [-0.15, -0.1) is 11.8 Å². The highest BCUT2D eigenvalue weighted by Crippen LogP contribution is 2.23. The molecule has 1 rings (SSSR count). The van der Waals surface area contributed by atoms with Crippen LogP contribution in [0.1, 0.15) is 6.42 Å². The van der Waals surface area contributed by atoms with Crippen molar-refractivity contribution in [2.75, 3.05) is 5.75 Å². The minimum absolute atomic E-state index is 0.0688. The summed E-state index contributed by atoms with van der Waals surface area (Å²) in [6, 6.07) is 3.25. The zero-order valence-electron chi connectivity index (χ0n) is 7.78. The van der Waals surface area contributed by atoms with Gasteiger partial charge in [0.25, 0.3) is 0 Å². The molecule has 82 valence electrons. The molecule has 0 bridgehead atoms. The fourth-order valence-corrected chi connectivity index (χ4v) is 1.84. The van der Waals surface area contributed by atoms with E-state index >= 15 is 0 Å². The van der Waals surface area contributed by atoms with Gasteiger partial charge in [-0.3, -0.25) is 0 Å². The zero-order valence-corrected chi connectivity index (χ0v) is 8.60. The van der Waals surface area contributed by atoms with E-state index in [0.717, 1.165) is 30.0 Å². The molecule has 0 saturated heterocycles. The first-order valence-electron chi connectivity index (χ1n) is 4.17. The number of amidine groups is 1. The Balaban J connectivity index is 2.54. The number of halogens is 2. The van der Waals surface area contributed by atoms with Crippen LogP contribution in [0.3, 0.4) is 0 Å². The smallest absolute Gasteiger partial charge is 0.139 e. The Bertz CT molecular complexity index is 371. The molecule has 0 radical (unpaired) electrons. The van der Waals surface area contributed by atoms with Gasteiger partial charge in [0.1, 0.15) is 17.5 Å². The van der Waals surface area contributed by atoms with Gasteiger partial charge in [0.15, 0.2) is 0 Å². The van der Waals surface area contributed by atoms with E-state index in [1.165, 1.54) is 0 Å². The second-order valence-corrected chi connectivity index (χ2v) is 3.90. The van der Waals surface area contributed by atoms with Gasteiger partial charge < -0.3 is 10.9 Å². The number of hydrogen-bond donors (Lipinski definition) is 2. The van der Waals surface area contributed by atoms with Crippen molar-refractivity contribution in [2.24, 2.45) is 10.9 Å². The second-order valence-electron chi connectivity index (χ2n) is 2.76. The largest absolute Gasteiger partial charge is 0.409 e. The van der Waals surface area contributed by atoms with Gasteiger partial charge in [0.2, 0.25) is 0 Å². The highest BCUT2D eigenvalue weighted by Gasteiger charge is 2.04. The highest BCUT2D eigenvalue weighted by atomic mass is 32.2. The Morgan fingerprint density at radius 3 is 2.87 bits per heavy atom. The molecule has 0 atom stereocenters. The van der Waals surface area contributed by atoms with Crippen molar-refractivity contribution in [3.05, 3.63) is 29.8 Å². The SMILES string of the molecule is N/C(CCSc1cc(F)ccc1F)=N\O. The van der Waals surface area contributed by atoms with Crippen LogP contribution in [0.25, 0.3) is 0 Å². The monoisotopic (exact) mass is 232 g/mol. The molecule has 6 heteroatoms. The summed E-state index contributed by atoms with van der Waals surface area (Å²) in [6.45, 7) is 0. The normalized spacial score (nSPS) is 11.7. The summed E-state index contributed by atoms with van der Waals surface area (Å²) in [5.74, 6) is -0.459. The molecule has 0 unspecified atom stereocenters. The number of hydrogen-bond acceptors (Lipinski definition) is 3. The molecule has 0 aliphatic rings. The first-order chi connectivity index (χ1) is 7.13. The van der Waals surface area contributed by atoms with Crippen LogP contribution in [-0.2, 0) is 0 Å². The molecular weight excluding hydrogens is 222 g/mol. The summed E-state index contributed by atoms with van der Waals surface area (Å²) in [6.07, 6.45) is 0.317. The van der Waals surface area contributed by atoms with Gasteiger partial charge in [-0.05, 0) is 18.2 Å². The van der Waals surface area contributed by atoms with Crippen molar-refractivity contribution in [1.82, 2.24) is 0 Å². The zero-order chi connectivity index (χ0) is 11.3. The van der Waals surface area contributed by atoms with E-state index in [-0.39, 0.29) is 10.7 Å². The molecule has 0 aliphatic carbocycles. The van der Waals surface area contributed by atoms with Crippen molar-refractivity contribution in [2.45, 2.75) is 11.3 Å². The number of rotatable bonds is 4. The molecule has 3 nitrogen and oxygen atoms in total. The van der Waals surface area contributed by atoms with E-state index < -0.39 is 11.6 Å². The molecule has 0 aromatic heterocycles. The first kappa shape index (κ1) is 11.8. The maximum atomic E-state index is 13.1. The molecule has 0 amide bonds. The average Bonchev–Trinajstić information content (AvgIpc) is 2.23. The highest BCUT2D eigenvalue weighted by molar-refractivity contribution is 7.99. The molecular formula is C9H10F2N2OS. The Morgan fingerprint density at radius 1 is 1.47 bits per heavy atom. The third-order valence-electron chi connectivity index (χ3n) is 1.64. The van der Waals surface area contributed by atoms with Crippen molar-refractivity contribution in [3.8, 4) is 0 Å². The fourth-order valence-electron chi connectivity index (χ4n) is 0.903. The number of nitrogens with zero attached hydrogens (tertiary/aromatic N) is 1. The molecule has 1 aromatic rings. The van der Waals surface area contributed by atoms with Crippen LogP contribution in [0.15, 0.2) is 28.3 Å². The van der Waals surface area contributed by atoms with E-state index in [9.17, 15) is 8.78 Å². The average molecular weight is 232 g/mol. The van der Waals surface area contributed by atoms with Gasteiger partial charge >= 0.3 is 0 Å². The molecule has 0 saturated carbocycles. The topological polar surface area (TPSA) is 58.6 Å². The van der Waals surface area contributed by atoms with E-state index in [1.54, 1.807) is 0 Å². The predicted molar refractivity (Wildman–Crippen MR) is 55.1 cm³/mol. The second kappa shape index (κ2) is 5.55. The lowest BCUT2D eigenvalue weighted by Gasteiger charge is -2.02. The minimum Gasteiger partial charge on any atom is -0.409 e. The van der Waals surface area contributed by atoms with Crippen LogP contribution >= 0.6 is 11.8 Å². The molecule has 0 aliphatic heterocycles. The molecule has 0 spiro atoms.